The fourth-order valence-corrected chi connectivity index (χ4v) is 3.55. The van der Waals surface area contributed by atoms with Crippen LogP contribution in [-0.2, 0) is 11.2 Å². The second kappa shape index (κ2) is 6.96. The first kappa shape index (κ1) is 18.8. The van der Waals surface area contributed by atoms with Gasteiger partial charge in [-0.3, -0.25) is 14.5 Å². The number of aliphatic carboxylic acids is 1. The number of nitrogens with zero attached hydrogens (tertiary/aromatic N) is 1. The molecule has 2 atom stereocenters. The summed E-state index contributed by atoms with van der Waals surface area (Å²) in [5.41, 5.74) is -1.13. The van der Waals surface area contributed by atoms with Crippen molar-refractivity contribution in [1.82, 2.24) is 4.90 Å². The third-order valence-electron chi connectivity index (χ3n) is 5.14. The number of aliphatic hydroxyl groups is 1. The molecule has 0 saturated carbocycles. The highest BCUT2D eigenvalue weighted by molar-refractivity contribution is 6.21. The predicted octanol–water partition coefficient (Wildman–Crippen LogP) is 2.37. The molecular weight excluding hydrogens is 346 g/mol. The summed E-state index contributed by atoms with van der Waals surface area (Å²) in [5.74, 6) is -3.36. The molecule has 2 aromatic rings. The largest absolute Gasteiger partial charge is 0.479 e. The lowest BCUT2D eigenvalue weighted by atomic mass is 9.79. The van der Waals surface area contributed by atoms with E-state index in [-0.39, 0.29) is 17.5 Å². The van der Waals surface area contributed by atoms with Crippen molar-refractivity contribution in [2.75, 3.05) is 0 Å². The van der Waals surface area contributed by atoms with Crippen LogP contribution in [0.15, 0.2) is 54.6 Å². The van der Waals surface area contributed by atoms with E-state index in [1.807, 2.05) is 6.07 Å². The maximum atomic E-state index is 12.9. The molecular formula is C21H21NO5. The van der Waals surface area contributed by atoms with Crippen LogP contribution in [0.4, 0.5) is 0 Å². The smallest absolute Gasteiger partial charge is 0.338 e. The van der Waals surface area contributed by atoms with Crippen LogP contribution in [0.1, 0.15) is 40.1 Å². The summed E-state index contributed by atoms with van der Waals surface area (Å²) >= 11 is 0. The number of hydrogen-bond acceptors (Lipinski definition) is 4. The monoisotopic (exact) mass is 367 g/mol. The Bertz CT molecular complexity index is 857. The average molecular weight is 367 g/mol. The maximum absolute atomic E-state index is 12.9. The second-order valence-corrected chi connectivity index (χ2v) is 7.02. The van der Waals surface area contributed by atoms with Gasteiger partial charge in [0.05, 0.1) is 17.2 Å². The normalized spacial score (nSPS) is 17.0. The first-order valence-electron chi connectivity index (χ1n) is 8.75. The number of carbonyl (C=O) groups is 3. The van der Waals surface area contributed by atoms with Crippen molar-refractivity contribution < 1.29 is 24.6 Å². The Labute approximate surface area is 157 Å². The van der Waals surface area contributed by atoms with Gasteiger partial charge in [0.25, 0.3) is 11.8 Å². The standard InChI is InChI=1S/C21H21NO5/c1-13(2)21(27,20(25)26)17(12-14-8-4-3-5-9-14)22-18(23)15-10-6-7-11-16(15)19(22)24/h3-11,13,17,27H,12H2,1-2H3,(H,25,26)/t17-,21-/m0/s1. The van der Waals surface area contributed by atoms with Crippen LogP contribution in [0.2, 0.25) is 0 Å². The summed E-state index contributed by atoms with van der Waals surface area (Å²) in [6, 6.07) is 14.0. The summed E-state index contributed by atoms with van der Waals surface area (Å²) in [6.07, 6.45) is 0.0350. The van der Waals surface area contributed by atoms with Crippen LogP contribution in [-0.4, -0.2) is 44.5 Å². The van der Waals surface area contributed by atoms with Crippen LogP contribution in [0.25, 0.3) is 0 Å². The van der Waals surface area contributed by atoms with Crippen molar-refractivity contribution in [2.45, 2.75) is 31.9 Å². The van der Waals surface area contributed by atoms with E-state index in [2.05, 4.69) is 0 Å². The minimum atomic E-state index is -2.29. The average Bonchev–Trinajstić information content (AvgIpc) is 2.91. The summed E-state index contributed by atoms with van der Waals surface area (Å²) in [5, 5.41) is 20.9. The molecule has 0 spiro atoms. The molecule has 2 N–H and O–H groups in total. The van der Waals surface area contributed by atoms with Gasteiger partial charge in [0.15, 0.2) is 5.60 Å². The van der Waals surface area contributed by atoms with Gasteiger partial charge in [0.2, 0.25) is 0 Å². The molecule has 1 heterocycles. The molecule has 27 heavy (non-hydrogen) atoms. The van der Waals surface area contributed by atoms with Crippen molar-refractivity contribution in [2.24, 2.45) is 5.92 Å². The predicted molar refractivity (Wildman–Crippen MR) is 98.3 cm³/mol. The van der Waals surface area contributed by atoms with Gasteiger partial charge in [-0.25, -0.2) is 4.79 Å². The molecule has 0 saturated heterocycles. The summed E-state index contributed by atoms with van der Waals surface area (Å²) < 4.78 is 0. The molecule has 0 unspecified atom stereocenters. The van der Waals surface area contributed by atoms with Gasteiger partial charge in [0.1, 0.15) is 0 Å². The number of fused-ring (bicyclic) bond motifs is 1. The summed E-state index contributed by atoms with van der Waals surface area (Å²) in [7, 11) is 0. The molecule has 1 aliphatic rings. The van der Waals surface area contributed by atoms with Gasteiger partial charge in [-0.2, -0.15) is 0 Å². The van der Waals surface area contributed by atoms with Crippen LogP contribution in [0.5, 0.6) is 0 Å². The molecule has 0 fully saturated rings. The Morgan fingerprint density at radius 2 is 1.44 bits per heavy atom. The molecule has 1 aliphatic heterocycles. The van der Waals surface area contributed by atoms with Gasteiger partial charge in [0, 0.05) is 0 Å². The third-order valence-corrected chi connectivity index (χ3v) is 5.14. The molecule has 140 valence electrons. The number of imide groups is 1. The molecule has 3 rings (SSSR count). The van der Waals surface area contributed by atoms with Crippen LogP contribution in [0.3, 0.4) is 0 Å². The van der Waals surface area contributed by atoms with E-state index >= 15 is 0 Å². The Kier molecular flexibility index (Phi) is 4.85. The van der Waals surface area contributed by atoms with E-state index < -0.39 is 35.3 Å². The molecule has 6 heteroatoms. The zero-order chi connectivity index (χ0) is 19.8. The highest BCUT2D eigenvalue weighted by Gasteiger charge is 2.54. The molecule has 0 aromatic heterocycles. The van der Waals surface area contributed by atoms with E-state index in [9.17, 15) is 24.6 Å². The number of hydrogen-bond donors (Lipinski definition) is 2. The summed E-state index contributed by atoms with van der Waals surface area (Å²) in [6.45, 7) is 3.12. The van der Waals surface area contributed by atoms with E-state index in [4.69, 9.17) is 0 Å². The molecule has 2 aromatic carbocycles. The van der Waals surface area contributed by atoms with Gasteiger partial charge in [-0.05, 0) is 30.0 Å². The molecule has 0 bridgehead atoms. The number of rotatable bonds is 6. The van der Waals surface area contributed by atoms with Gasteiger partial charge in [-0.1, -0.05) is 56.3 Å². The van der Waals surface area contributed by atoms with Gasteiger partial charge < -0.3 is 10.2 Å². The SMILES string of the molecule is CC(C)[C@@](O)(C(=O)O)[C@H](Cc1ccccc1)N1C(=O)c2ccccc2C1=O. The topological polar surface area (TPSA) is 94.9 Å². The van der Waals surface area contributed by atoms with Crippen LogP contribution < -0.4 is 0 Å². The first-order valence-corrected chi connectivity index (χ1v) is 8.75. The van der Waals surface area contributed by atoms with E-state index in [1.54, 1.807) is 50.2 Å². The number of carbonyl (C=O) groups excluding carboxylic acids is 2. The van der Waals surface area contributed by atoms with Crippen LogP contribution in [0, 0.1) is 5.92 Å². The fourth-order valence-electron chi connectivity index (χ4n) is 3.55. The van der Waals surface area contributed by atoms with E-state index in [1.165, 1.54) is 12.1 Å². The lowest BCUT2D eigenvalue weighted by Gasteiger charge is -2.40. The van der Waals surface area contributed by atoms with E-state index in [0.29, 0.717) is 0 Å². The quantitative estimate of drug-likeness (QED) is 0.765. The van der Waals surface area contributed by atoms with Crippen molar-refractivity contribution in [1.29, 1.82) is 0 Å². The molecule has 6 nitrogen and oxygen atoms in total. The van der Waals surface area contributed by atoms with Crippen LogP contribution >= 0.6 is 0 Å². The lowest BCUT2D eigenvalue weighted by Crippen LogP contribution is -2.62. The number of benzene rings is 2. The number of carboxylic acid groups (broad SMARTS) is 1. The number of carboxylic acids is 1. The third kappa shape index (κ3) is 3.02. The minimum Gasteiger partial charge on any atom is -0.479 e. The fraction of sp³-hybridized carbons (Fsp3) is 0.286. The Hall–Kier alpha value is -2.99. The van der Waals surface area contributed by atoms with Crippen molar-refractivity contribution in [3.63, 3.8) is 0 Å². The molecule has 2 amide bonds. The highest BCUT2D eigenvalue weighted by atomic mass is 16.4. The summed E-state index contributed by atoms with van der Waals surface area (Å²) in [4.78, 5) is 38.8. The first-order chi connectivity index (χ1) is 12.8. The Morgan fingerprint density at radius 1 is 0.963 bits per heavy atom. The lowest BCUT2D eigenvalue weighted by molar-refractivity contribution is -0.170. The van der Waals surface area contributed by atoms with Crippen molar-refractivity contribution in [3.05, 3.63) is 71.3 Å². The van der Waals surface area contributed by atoms with Gasteiger partial charge in [-0.15, -0.1) is 0 Å². The van der Waals surface area contributed by atoms with Crippen molar-refractivity contribution in [3.8, 4) is 0 Å². The zero-order valence-electron chi connectivity index (χ0n) is 15.1. The number of amides is 2. The molecule has 0 aliphatic carbocycles. The minimum absolute atomic E-state index is 0.0350. The van der Waals surface area contributed by atoms with Gasteiger partial charge >= 0.3 is 5.97 Å². The second-order valence-electron chi connectivity index (χ2n) is 7.02. The van der Waals surface area contributed by atoms with Crippen molar-refractivity contribution >= 4 is 17.8 Å². The molecule has 0 radical (unpaired) electrons. The Morgan fingerprint density at radius 3 is 1.89 bits per heavy atom. The van der Waals surface area contributed by atoms with E-state index in [0.717, 1.165) is 10.5 Å². The Balaban J connectivity index is 2.12. The maximum Gasteiger partial charge on any atom is 0.338 e. The highest BCUT2D eigenvalue weighted by Crippen LogP contribution is 2.34. The zero-order valence-corrected chi connectivity index (χ0v) is 15.1.